The minimum Gasteiger partial charge on any atom is -0.488 e. The smallest absolute Gasteiger partial charge is 0.244 e. The van der Waals surface area contributed by atoms with E-state index in [0.29, 0.717) is 12.4 Å². The molecule has 0 fully saturated rings. The number of carbonyl (C=O) groups excluding carboxylic acids is 1. The lowest BCUT2D eigenvalue weighted by atomic mass is 10.1. The van der Waals surface area contributed by atoms with Gasteiger partial charge < -0.3 is 4.74 Å². The minimum atomic E-state index is -0.174. The van der Waals surface area contributed by atoms with E-state index in [9.17, 15) is 4.79 Å². The van der Waals surface area contributed by atoms with Gasteiger partial charge in [0.1, 0.15) is 12.4 Å². The van der Waals surface area contributed by atoms with Crippen LogP contribution in [0.15, 0.2) is 86.8 Å². The predicted octanol–water partition coefficient (Wildman–Crippen LogP) is 5.48. The Hall–Kier alpha value is -2.44. The third-order valence-corrected chi connectivity index (χ3v) is 4.95. The van der Waals surface area contributed by atoms with Crippen LogP contribution in [0, 0.1) is 0 Å². The number of ether oxygens (including phenoxy) is 1. The Morgan fingerprint density at radius 2 is 1.50 bits per heavy atom. The molecule has 6 heteroatoms. The van der Waals surface area contributed by atoms with E-state index in [-0.39, 0.29) is 12.3 Å². The summed E-state index contributed by atoms with van der Waals surface area (Å²) in [5.74, 6) is 0.531. The van der Waals surface area contributed by atoms with Crippen LogP contribution in [0.1, 0.15) is 16.7 Å². The third-order valence-electron chi connectivity index (χ3n) is 3.90. The van der Waals surface area contributed by atoms with Gasteiger partial charge in [-0.05, 0) is 47.5 Å². The summed E-state index contributed by atoms with van der Waals surface area (Å²) < 4.78 is 7.91. The van der Waals surface area contributed by atoms with Gasteiger partial charge in [0, 0.05) is 14.5 Å². The van der Waals surface area contributed by atoms with E-state index in [1.165, 1.54) is 0 Å². The van der Waals surface area contributed by atoms with Crippen molar-refractivity contribution in [1.29, 1.82) is 0 Å². The van der Waals surface area contributed by atoms with Crippen LogP contribution < -0.4 is 10.2 Å². The lowest BCUT2D eigenvalue weighted by Crippen LogP contribution is -2.19. The molecule has 3 rings (SSSR count). The minimum absolute atomic E-state index is 0.174. The average molecular weight is 502 g/mol. The number of rotatable bonds is 7. The summed E-state index contributed by atoms with van der Waals surface area (Å²) in [6, 6.07) is 23.2. The average Bonchev–Trinajstić information content (AvgIpc) is 2.70. The molecule has 0 bridgehead atoms. The van der Waals surface area contributed by atoms with Crippen LogP contribution in [0.5, 0.6) is 5.75 Å². The molecule has 0 aliphatic carbocycles. The monoisotopic (exact) mass is 500 g/mol. The maximum Gasteiger partial charge on any atom is 0.244 e. The first-order valence-electron chi connectivity index (χ1n) is 8.63. The first-order valence-corrected chi connectivity index (χ1v) is 10.2. The number of para-hydroxylation sites is 1. The normalized spacial score (nSPS) is 10.8. The van der Waals surface area contributed by atoms with Crippen molar-refractivity contribution in [3.8, 4) is 5.75 Å². The number of hydrogen-bond donors (Lipinski definition) is 1. The second-order valence-electron chi connectivity index (χ2n) is 6.05. The van der Waals surface area contributed by atoms with Gasteiger partial charge in [-0.15, -0.1) is 0 Å². The Labute approximate surface area is 180 Å². The molecule has 0 spiro atoms. The molecule has 3 aromatic carbocycles. The van der Waals surface area contributed by atoms with Gasteiger partial charge in [0.05, 0.1) is 12.6 Å². The molecule has 1 N–H and O–H groups in total. The molecule has 4 nitrogen and oxygen atoms in total. The molecule has 0 heterocycles. The Kier molecular flexibility index (Phi) is 7.39. The molecule has 142 valence electrons. The van der Waals surface area contributed by atoms with Gasteiger partial charge >= 0.3 is 0 Å². The molecule has 3 aromatic rings. The lowest BCUT2D eigenvalue weighted by Gasteiger charge is -2.09. The van der Waals surface area contributed by atoms with Gasteiger partial charge in [-0.1, -0.05) is 68.3 Å². The van der Waals surface area contributed by atoms with Gasteiger partial charge in [-0.25, -0.2) is 5.43 Å². The molecular formula is C22H18Br2N2O2. The second kappa shape index (κ2) is 10.2. The number of nitrogens with zero attached hydrogens (tertiary/aromatic N) is 1. The van der Waals surface area contributed by atoms with Crippen molar-refractivity contribution in [3.63, 3.8) is 0 Å². The lowest BCUT2D eigenvalue weighted by molar-refractivity contribution is -0.120. The zero-order chi connectivity index (χ0) is 19.8. The van der Waals surface area contributed by atoms with Gasteiger partial charge in [0.15, 0.2) is 0 Å². The number of hydrogen-bond acceptors (Lipinski definition) is 3. The molecule has 0 saturated carbocycles. The summed E-state index contributed by atoms with van der Waals surface area (Å²) in [7, 11) is 0. The van der Waals surface area contributed by atoms with Crippen LogP contribution in [-0.2, 0) is 17.8 Å². The van der Waals surface area contributed by atoms with E-state index >= 15 is 0 Å². The van der Waals surface area contributed by atoms with Gasteiger partial charge in [0.2, 0.25) is 5.91 Å². The summed E-state index contributed by atoms with van der Waals surface area (Å²) >= 11 is 6.80. The number of carbonyl (C=O) groups is 1. The van der Waals surface area contributed by atoms with E-state index in [1.807, 2.05) is 72.8 Å². The highest BCUT2D eigenvalue weighted by atomic mass is 79.9. The molecule has 28 heavy (non-hydrogen) atoms. The van der Waals surface area contributed by atoms with Crippen LogP contribution in [0.2, 0.25) is 0 Å². The van der Waals surface area contributed by atoms with E-state index in [0.717, 1.165) is 25.6 Å². The van der Waals surface area contributed by atoms with Crippen molar-refractivity contribution >= 4 is 44.0 Å². The number of benzene rings is 3. The molecule has 0 aliphatic rings. The Bertz CT molecular complexity index is 955. The Morgan fingerprint density at radius 3 is 2.18 bits per heavy atom. The highest BCUT2D eigenvalue weighted by molar-refractivity contribution is 9.10. The molecule has 0 atom stereocenters. The molecule has 1 amide bonds. The zero-order valence-corrected chi connectivity index (χ0v) is 18.1. The van der Waals surface area contributed by atoms with Gasteiger partial charge in [0.25, 0.3) is 0 Å². The van der Waals surface area contributed by atoms with E-state index < -0.39 is 0 Å². The number of hydrazone groups is 1. The summed E-state index contributed by atoms with van der Waals surface area (Å²) in [4.78, 5) is 12.0. The topological polar surface area (TPSA) is 50.7 Å². The third kappa shape index (κ3) is 6.32. The maximum absolute atomic E-state index is 12.0. The molecule has 0 radical (unpaired) electrons. The number of amides is 1. The molecule has 0 saturated heterocycles. The molecule has 0 aliphatic heterocycles. The summed E-state index contributed by atoms with van der Waals surface area (Å²) in [5, 5.41) is 4.06. The first-order chi connectivity index (χ1) is 13.6. The van der Waals surface area contributed by atoms with Crippen LogP contribution >= 0.6 is 31.9 Å². The van der Waals surface area contributed by atoms with E-state index in [4.69, 9.17) is 4.74 Å². The van der Waals surface area contributed by atoms with Crippen LogP contribution in [0.25, 0.3) is 0 Å². The van der Waals surface area contributed by atoms with Crippen molar-refractivity contribution in [2.24, 2.45) is 5.10 Å². The van der Waals surface area contributed by atoms with Crippen LogP contribution in [0.3, 0.4) is 0 Å². The highest BCUT2D eigenvalue weighted by Gasteiger charge is 2.04. The van der Waals surface area contributed by atoms with Crippen molar-refractivity contribution in [3.05, 3.63) is 98.4 Å². The van der Waals surface area contributed by atoms with E-state index in [1.54, 1.807) is 6.21 Å². The SMILES string of the molecule is O=C(Cc1ccc(Br)cc1)N/N=C/c1ccccc1OCc1ccc(Br)cc1. The van der Waals surface area contributed by atoms with Crippen molar-refractivity contribution in [2.45, 2.75) is 13.0 Å². The second-order valence-corrected chi connectivity index (χ2v) is 7.88. The van der Waals surface area contributed by atoms with Crippen molar-refractivity contribution in [2.75, 3.05) is 0 Å². The first kappa shape index (κ1) is 20.3. The van der Waals surface area contributed by atoms with Crippen molar-refractivity contribution in [1.82, 2.24) is 5.43 Å². The maximum atomic E-state index is 12.0. The molecule has 0 unspecified atom stereocenters. The summed E-state index contributed by atoms with van der Waals surface area (Å²) in [5.41, 5.74) is 5.35. The zero-order valence-electron chi connectivity index (χ0n) is 14.9. The summed E-state index contributed by atoms with van der Waals surface area (Å²) in [6.07, 6.45) is 1.86. The Balaban J connectivity index is 1.56. The Morgan fingerprint density at radius 1 is 0.893 bits per heavy atom. The van der Waals surface area contributed by atoms with Crippen molar-refractivity contribution < 1.29 is 9.53 Å². The number of halogens is 2. The summed E-state index contributed by atoms with van der Waals surface area (Å²) in [6.45, 7) is 0.452. The largest absolute Gasteiger partial charge is 0.488 e. The predicted molar refractivity (Wildman–Crippen MR) is 118 cm³/mol. The standard InChI is InChI=1S/C22H18Br2N2O2/c23-19-9-5-16(6-10-19)13-22(27)26-25-14-18-3-1-2-4-21(18)28-15-17-7-11-20(24)12-8-17/h1-12,14H,13,15H2,(H,26,27)/b25-14+. The van der Waals surface area contributed by atoms with E-state index in [2.05, 4.69) is 42.4 Å². The quantitative estimate of drug-likeness (QED) is 0.344. The van der Waals surface area contributed by atoms with Gasteiger partial charge in [-0.2, -0.15) is 5.10 Å². The van der Waals surface area contributed by atoms with Crippen LogP contribution in [-0.4, -0.2) is 12.1 Å². The fourth-order valence-corrected chi connectivity index (χ4v) is 2.99. The fourth-order valence-electron chi connectivity index (χ4n) is 2.46. The molecule has 0 aromatic heterocycles. The van der Waals surface area contributed by atoms with Gasteiger partial charge in [-0.3, -0.25) is 4.79 Å². The molecular weight excluding hydrogens is 484 g/mol. The fraction of sp³-hybridized carbons (Fsp3) is 0.0909. The highest BCUT2D eigenvalue weighted by Crippen LogP contribution is 2.18. The van der Waals surface area contributed by atoms with Crippen LogP contribution in [0.4, 0.5) is 0 Å². The number of nitrogens with one attached hydrogen (secondary N) is 1.